The number of rotatable bonds is 8. The van der Waals surface area contributed by atoms with Crippen LogP contribution in [0.5, 0.6) is 0 Å². The third-order valence-electron chi connectivity index (χ3n) is 4.91. The van der Waals surface area contributed by atoms with Gasteiger partial charge in [0.05, 0.1) is 0 Å². The van der Waals surface area contributed by atoms with Gasteiger partial charge in [-0.15, -0.1) is 0 Å². The Morgan fingerprint density at radius 1 is 1.00 bits per heavy atom. The molecule has 1 aliphatic carbocycles. The quantitative estimate of drug-likeness (QED) is 0.674. The summed E-state index contributed by atoms with van der Waals surface area (Å²) < 4.78 is 0. The molecule has 0 amide bonds. The van der Waals surface area contributed by atoms with E-state index in [-0.39, 0.29) is 0 Å². The van der Waals surface area contributed by atoms with Gasteiger partial charge in [0.25, 0.3) is 0 Å². The fourth-order valence-corrected chi connectivity index (χ4v) is 3.15. The van der Waals surface area contributed by atoms with E-state index in [0.29, 0.717) is 5.41 Å². The van der Waals surface area contributed by atoms with Gasteiger partial charge in [-0.25, -0.2) is 0 Å². The van der Waals surface area contributed by atoms with Crippen molar-refractivity contribution in [2.75, 3.05) is 26.2 Å². The van der Waals surface area contributed by atoms with E-state index < -0.39 is 0 Å². The van der Waals surface area contributed by atoms with E-state index in [2.05, 4.69) is 31.0 Å². The highest BCUT2D eigenvalue weighted by Crippen LogP contribution is 2.33. The maximum absolute atomic E-state index is 3.60. The van der Waals surface area contributed by atoms with Crippen LogP contribution in [0.1, 0.15) is 65.7 Å². The minimum Gasteiger partial charge on any atom is -0.314 e. The highest BCUT2D eigenvalue weighted by atomic mass is 15.1. The molecule has 1 aliphatic heterocycles. The molecule has 2 heteroatoms. The Hall–Kier alpha value is -0.0800. The molecule has 1 unspecified atom stereocenters. The van der Waals surface area contributed by atoms with Gasteiger partial charge >= 0.3 is 0 Å². The second-order valence-electron chi connectivity index (χ2n) is 7.79. The van der Waals surface area contributed by atoms with Gasteiger partial charge in [0.1, 0.15) is 0 Å². The van der Waals surface area contributed by atoms with Crippen LogP contribution in [0.4, 0.5) is 0 Å². The van der Waals surface area contributed by atoms with Crippen molar-refractivity contribution in [2.45, 2.75) is 71.8 Å². The first kappa shape index (κ1) is 15.3. The second kappa shape index (κ2) is 7.08. The lowest BCUT2D eigenvalue weighted by molar-refractivity contribution is 0.227. The van der Waals surface area contributed by atoms with Gasteiger partial charge in [0.2, 0.25) is 0 Å². The van der Waals surface area contributed by atoms with Gasteiger partial charge in [-0.2, -0.15) is 0 Å². The first-order valence-electron chi connectivity index (χ1n) is 8.51. The minimum absolute atomic E-state index is 0.503. The summed E-state index contributed by atoms with van der Waals surface area (Å²) in [5.41, 5.74) is 0.503. The maximum Gasteiger partial charge on any atom is 0.00682 e. The van der Waals surface area contributed by atoms with Crippen molar-refractivity contribution < 1.29 is 0 Å². The molecule has 0 aromatic heterocycles. The predicted molar refractivity (Wildman–Crippen MR) is 83.5 cm³/mol. The first-order valence-corrected chi connectivity index (χ1v) is 8.51. The molecule has 0 aromatic carbocycles. The average molecular weight is 266 g/mol. The molecule has 1 N–H and O–H groups in total. The monoisotopic (exact) mass is 266 g/mol. The highest BCUT2D eigenvalue weighted by molar-refractivity contribution is 4.83. The summed E-state index contributed by atoms with van der Waals surface area (Å²) in [7, 11) is 0. The Bertz CT molecular complexity index is 252. The van der Waals surface area contributed by atoms with Crippen LogP contribution in [0.25, 0.3) is 0 Å². The van der Waals surface area contributed by atoms with Crippen LogP contribution in [0.3, 0.4) is 0 Å². The van der Waals surface area contributed by atoms with Crippen LogP contribution in [-0.2, 0) is 0 Å². The third-order valence-corrected chi connectivity index (χ3v) is 4.91. The zero-order chi connectivity index (χ0) is 13.7. The molecule has 1 saturated heterocycles. The fourth-order valence-electron chi connectivity index (χ4n) is 3.15. The lowest BCUT2D eigenvalue weighted by Gasteiger charge is -2.27. The maximum atomic E-state index is 3.60. The minimum atomic E-state index is 0.503. The summed E-state index contributed by atoms with van der Waals surface area (Å²) in [6.07, 6.45) is 9.86. The SMILES string of the molecule is CC(C)(C)C1CCN(CCCCCCNC2CC2)C1. The second-order valence-corrected chi connectivity index (χ2v) is 7.79. The Balaban J connectivity index is 1.43. The lowest BCUT2D eigenvalue weighted by atomic mass is 9.80. The molecule has 0 spiro atoms. The molecule has 1 atom stereocenters. The smallest absolute Gasteiger partial charge is 0.00682 e. The lowest BCUT2D eigenvalue weighted by Crippen LogP contribution is -2.26. The molecule has 0 bridgehead atoms. The van der Waals surface area contributed by atoms with Gasteiger partial charge < -0.3 is 10.2 Å². The van der Waals surface area contributed by atoms with E-state index >= 15 is 0 Å². The molecule has 2 rings (SSSR count). The molecule has 0 radical (unpaired) electrons. The van der Waals surface area contributed by atoms with Crippen molar-refractivity contribution in [3.8, 4) is 0 Å². The molecule has 2 aliphatic rings. The van der Waals surface area contributed by atoms with E-state index in [9.17, 15) is 0 Å². The van der Waals surface area contributed by atoms with Gasteiger partial charge in [0, 0.05) is 12.6 Å². The van der Waals surface area contributed by atoms with Crippen LogP contribution in [0, 0.1) is 11.3 Å². The summed E-state index contributed by atoms with van der Waals surface area (Å²) in [5.74, 6) is 0.912. The molecule has 2 nitrogen and oxygen atoms in total. The molecule has 112 valence electrons. The molecule has 0 aromatic rings. The van der Waals surface area contributed by atoms with Gasteiger partial charge in [-0.05, 0) is 63.1 Å². The summed E-state index contributed by atoms with van der Waals surface area (Å²) in [6.45, 7) is 12.5. The molecule has 1 saturated carbocycles. The van der Waals surface area contributed by atoms with Crippen molar-refractivity contribution in [1.82, 2.24) is 10.2 Å². The van der Waals surface area contributed by atoms with Gasteiger partial charge in [-0.3, -0.25) is 0 Å². The van der Waals surface area contributed by atoms with E-state index in [0.717, 1.165) is 12.0 Å². The summed E-state index contributed by atoms with van der Waals surface area (Å²) in [5, 5.41) is 3.60. The highest BCUT2D eigenvalue weighted by Gasteiger charge is 2.31. The Morgan fingerprint density at radius 3 is 2.37 bits per heavy atom. The van der Waals surface area contributed by atoms with E-state index in [1.807, 2.05) is 0 Å². The average Bonchev–Trinajstić information content (AvgIpc) is 3.02. The summed E-state index contributed by atoms with van der Waals surface area (Å²) >= 11 is 0. The summed E-state index contributed by atoms with van der Waals surface area (Å²) in [4.78, 5) is 2.69. The van der Waals surface area contributed by atoms with E-state index in [1.165, 1.54) is 71.1 Å². The van der Waals surface area contributed by atoms with Crippen molar-refractivity contribution in [3.05, 3.63) is 0 Å². The van der Waals surface area contributed by atoms with Crippen molar-refractivity contribution in [3.63, 3.8) is 0 Å². The fraction of sp³-hybridized carbons (Fsp3) is 1.00. The third kappa shape index (κ3) is 5.83. The Labute approximate surface area is 120 Å². The topological polar surface area (TPSA) is 15.3 Å². The van der Waals surface area contributed by atoms with E-state index in [4.69, 9.17) is 0 Å². The molecule has 2 fully saturated rings. The van der Waals surface area contributed by atoms with Crippen LogP contribution in [0.2, 0.25) is 0 Å². The number of likely N-dealkylation sites (tertiary alicyclic amines) is 1. The zero-order valence-corrected chi connectivity index (χ0v) is 13.4. The van der Waals surface area contributed by atoms with Crippen LogP contribution < -0.4 is 5.32 Å². The number of nitrogens with one attached hydrogen (secondary N) is 1. The standard InChI is InChI=1S/C17H34N2/c1-17(2,3)15-10-13-19(14-15)12-7-5-4-6-11-18-16-8-9-16/h15-16,18H,4-14H2,1-3H3. The van der Waals surface area contributed by atoms with Gasteiger partial charge in [-0.1, -0.05) is 33.6 Å². The van der Waals surface area contributed by atoms with Crippen LogP contribution in [-0.4, -0.2) is 37.1 Å². The Morgan fingerprint density at radius 2 is 1.74 bits per heavy atom. The van der Waals surface area contributed by atoms with Crippen LogP contribution in [0.15, 0.2) is 0 Å². The normalized spacial score (nSPS) is 25.1. The molecule has 1 heterocycles. The van der Waals surface area contributed by atoms with Crippen molar-refractivity contribution in [1.29, 1.82) is 0 Å². The molecule has 19 heavy (non-hydrogen) atoms. The zero-order valence-electron chi connectivity index (χ0n) is 13.4. The van der Waals surface area contributed by atoms with E-state index in [1.54, 1.807) is 0 Å². The number of hydrogen-bond acceptors (Lipinski definition) is 2. The molecular weight excluding hydrogens is 232 g/mol. The number of hydrogen-bond donors (Lipinski definition) is 1. The van der Waals surface area contributed by atoms with Crippen molar-refractivity contribution in [2.24, 2.45) is 11.3 Å². The van der Waals surface area contributed by atoms with Gasteiger partial charge in [0.15, 0.2) is 0 Å². The van der Waals surface area contributed by atoms with Crippen molar-refractivity contribution >= 4 is 0 Å². The Kier molecular flexibility index (Phi) is 5.70. The van der Waals surface area contributed by atoms with Crippen LogP contribution >= 0.6 is 0 Å². The summed E-state index contributed by atoms with van der Waals surface area (Å²) in [6, 6.07) is 0.888. The largest absolute Gasteiger partial charge is 0.314 e. The molecular formula is C17H34N2. The first-order chi connectivity index (χ1) is 9.05. The number of unbranched alkanes of at least 4 members (excludes halogenated alkanes) is 3. The predicted octanol–water partition coefficient (Wildman–Crippen LogP) is 3.67. The number of nitrogens with zero attached hydrogens (tertiary/aromatic N) is 1.